The molecule has 1 rings (SSSR count). The minimum absolute atomic E-state index is 0.00544. The Labute approximate surface area is 108 Å². The molecule has 1 aromatic heterocycles. The van der Waals surface area contributed by atoms with Gasteiger partial charge in [-0.25, -0.2) is 0 Å². The highest BCUT2D eigenvalue weighted by atomic mass is 16.5. The van der Waals surface area contributed by atoms with E-state index in [1.165, 1.54) is 0 Å². The third-order valence-electron chi connectivity index (χ3n) is 2.29. The molecule has 18 heavy (non-hydrogen) atoms. The first-order valence-corrected chi connectivity index (χ1v) is 6.12. The van der Waals surface area contributed by atoms with Gasteiger partial charge in [0.2, 0.25) is 11.9 Å². The second-order valence-electron chi connectivity index (χ2n) is 4.29. The molecule has 0 atom stereocenters. The maximum Gasteiger partial charge on any atom is 0.323 e. The molecule has 102 valence electrons. The van der Waals surface area contributed by atoms with Gasteiger partial charge >= 0.3 is 6.01 Å². The van der Waals surface area contributed by atoms with E-state index in [0.717, 1.165) is 19.6 Å². The molecule has 0 amide bonds. The van der Waals surface area contributed by atoms with Crippen molar-refractivity contribution in [1.82, 2.24) is 19.9 Å². The zero-order valence-electron chi connectivity index (χ0n) is 11.5. The molecule has 1 aromatic rings. The minimum atomic E-state index is 0.00544. The number of nitrogen functional groups attached to an aromatic ring is 1. The highest BCUT2D eigenvalue weighted by Gasteiger charge is 2.06. The van der Waals surface area contributed by atoms with E-state index in [0.29, 0.717) is 5.95 Å². The van der Waals surface area contributed by atoms with E-state index >= 15 is 0 Å². The number of aromatic nitrogens is 3. The first-order valence-electron chi connectivity index (χ1n) is 6.12. The van der Waals surface area contributed by atoms with E-state index < -0.39 is 0 Å². The molecule has 0 spiro atoms. The van der Waals surface area contributed by atoms with E-state index in [-0.39, 0.29) is 18.1 Å². The zero-order valence-corrected chi connectivity index (χ0v) is 11.5. The van der Waals surface area contributed by atoms with Crippen molar-refractivity contribution in [2.75, 3.05) is 37.7 Å². The lowest BCUT2D eigenvalue weighted by atomic mass is 10.5. The molecule has 0 aromatic carbocycles. The molecule has 0 aliphatic carbocycles. The Morgan fingerprint density at radius 2 is 2.06 bits per heavy atom. The summed E-state index contributed by atoms with van der Waals surface area (Å²) in [6, 6.07) is 0.254. The number of likely N-dealkylation sites (N-methyl/N-ethyl adjacent to an activating group) is 1. The fourth-order valence-electron chi connectivity index (χ4n) is 1.23. The van der Waals surface area contributed by atoms with Gasteiger partial charge in [-0.3, -0.25) is 0 Å². The average Bonchev–Trinajstić information content (AvgIpc) is 2.27. The number of nitrogens with zero attached hydrogens (tertiary/aromatic N) is 4. The van der Waals surface area contributed by atoms with Crippen LogP contribution in [-0.2, 0) is 0 Å². The van der Waals surface area contributed by atoms with E-state index in [2.05, 4.69) is 39.1 Å². The first-order chi connectivity index (χ1) is 8.51. The summed E-state index contributed by atoms with van der Waals surface area (Å²) in [7, 11) is 2.05. The fourth-order valence-corrected chi connectivity index (χ4v) is 1.23. The van der Waals surface area contributed by atoms with Gasteiger partial charge in [0, 0.05) is 13.1 Å². The summed E-state index contributed by atoms with van der Waals surface area (Å²) in [6.07, 6.45) is 0.00544. The van der Waals surface area contributed by atoms with Gasteiger partial charge in [-0.15, -0.1) is 0 Å². The van der Waals surface area contributed by atoms with Crippen molar-refractivity contribution in [3.63, 3.8) is 0 Å². The summed E-state index contributed by atoms with van der Waals surface area (Å²) < 4.78 is 5.39. The van der Waals surface area contributed by atoms with Gasteiger partial charge in [0.1, 0.15) is 0 Å². The molecule has 0 radical (unpaired) electrons. The van der Waals surface area contributed by atoms with Crippen LogP contribution < -0.4 is 15.8 Å². The van der Waals surface area contributed by atoms with Crippen LogP contribution in [0.5, 0.6) is 6.01 Å². The van der Waals surface area contributed by atoms with E-state index in [1.807, 2.05) is 13.8 Å². The number of hydrogen-bond acceptors (Lipinski definition) is 7. The Morgan fingerprint density at radius 3 is 2.67 bits per heavy atom. The zero-order chi connectivity index (χ0) is 13.5. The van der Waals surface area contributed by atoms with Crippen molar-refractivity contribution >= 4 is 11.9 Å². The van der Waals surface area contributed by atoms with E-state index in [1.54, 1.807) is 0 Å². The molecule has 7 heteroatoms. The van der Waals surface area contributed by atoms with Crippen LogP contribution in [-0.4, -0.2) is 52.6 Å². The maximum absolute atomic E-state index is 5.60. The van der Waals surface area contributed by atoms with Gasteiger partial charge in [-0.1, -0.05) is 6.92 Å². The molecule has 0 saturated carbocycles. The second-order valence-corrected chi connectivity index (χ2v) is 4.29. The maximum atomic E-state index is 5.60. The van der Waals surface area contributed by atoms with Gasteiger partial charge < -0.3 is 20.7 Å². The van der Waals surface area contributed by atoms with E-state index in [9.17, 15) is 0 Å². The van der Waals surface area contributed by atoms with Crippen molar-refractivity contribution in [3.8, 4) is 6.01 Å². The lowest BCUT2D eigenvalue weighted by Gasteiger charge is -2.14. The lowest BCUT2D eigenvalue weighted by Crippen LogP contribution is -2.25. The predicted octanol–water partition coefficient (Wildman–Crippen LogP) is 0.605. The Morgan fingerprint density at radius 1 is 1.33 bits per heavy atom. The van der Waals surface area contributed by atoms with Crippen LogP contribution in [0.25, 0.3) is 0 Å². The van der Waals surface area contributed by atoms with Crippen molar-refractivity contribution in [1.29, 1.82) is 0 Å². The number of ether oxygens (including phenoxy) is 1. The van der Waals surface area contributed by atoms with Gasteiger partial charge in [0.05, 0.1) is 6.10 Å². The van der Waals surface area contributed by atoms with Crippen LogP contribution in [0.2, 0.25) is 0 Å². The molecule has 1 heterocycles. The van der Waals surface area contributed by atoms with Crippen LogP contribution >= 0.6 is 0 Å². The van der Waals surface area contributed by atoms with Crippen molar-refractivity contribution in [3.05, 3.63) is 0 Å². The number of hydrogen-bond donors (Lipinski definition) is 2. The molecule has 0 fully saturated rings. The smallest absolute Gasteiger partial charge is 0.323 e. The summed E-state index contributed by atoms with van der Waals surface area (Å²) in [6.45, 7) is 8.57. The van der Waals surface area contributed by atoms with Crippen LogP contribution in [0.3, 0.4) is 0 Å². The summed E-state index contributed by atoms with van der Waals surface area (Å²) in [5, 5.41) is 3.10. The fraction of sp³-hybridized carbons (Fsp3) is 0.727. The largest absolute Gasteiger partial charge is 0.461 e. The van der Waals surface area contributed by atoms with Crippen LogP contribution in [0.15, 0.2) is 0 Å². The average molecular weight is 254 g/mol. The molecular formula is C11H22N6O. The summed E-state index contributed by atoms with van der Waals surface area (Å²) in [5.41, 5.74) is 5.60. The highest BCUT2D eigenvalue weighted by Crippen LogP contribution is 2.10. The van der Waals surface area contributed by atoms with Crippen molar-refractivity contribution < 1.29 is 4.74 Å². The van der Waals surface area contributed by atoms with Crippen molar-refractivity contribution in [2.24, 2.45) is 0 Å². The van der Waals surface area contributed by atoms with E-state index in [4.69, 9.17) is 10.5 Å². The topological polar surface area (TPSA) is 89.2 Å². The van der Waals surface area contributed by atoms with Crippen LogP contribution in [0, 0.1) is 0 Å². The molecule has 0 saturated heterocycles. The summed E-state index contributed by atoms with van der Waals surface area (Å²) in [4.78, 5) is 14.3. The molecule has 0 aliphatic heterocycles. The Bertz CT molecular complexity index is 371. The quantitative estimate of drug-likeness (QED) is 0.736. The summed E-state index contributed by atoms with van der Waals surface area (Å²) in [5.74, 6) is 0.606. The first kappa shape index (κ1) is 14.4. The van der Waals surface area contributed by atoms with Gasteiger partial charge in [0.15, 0.2) is 0 Å². The SMILES string of the molecule is CCN(C)CCNc1nc(N)nc(OC(C)C)n1. The molecule has 0 aliphatic rings. The van der Waals surface area contributed by atoms with Gasteiger partial charge in [0.25, 0.3) is 0 Å². The molecule has 0 unspecified atom stereocenters. The predicted molar refractivity (Wildman–Crippen MR) is 71.7 cm³/mol. The number of nitrogens with one attached hydrogen (secondary N) is 1. The van der Waals surface area contributed by atoms with Crippen LogP contribution in [0.4, 0.5) is 11.9 Å². The van der Waals surface area contributed by atoms with Crippen molar-refractivity contribution in [2.45, 2.75) is 26.9 Å². The third-order valence-corrected chi connectivity index (χ3v) is 2.29. The lowest BCUT2D eigenvalue weighted by molar-refractivity contribution is 0.222. The normalized spacial score (nSPS) is 11.0. The van der Waals surface area contributed by atoms with Gasteiger partial charge in [-0.2, -0.15) is 15.0 Å². The number of anilines is 2. The monoisotopic (exact) mass is 254 g/mol. The molecule has 7 nitrogen and oxygen atoms in total. The summed E-state index contributed by atoms with van der Waals surface area (Å²) >= 11 is 0. The second kappa shape index (κ2) is 6.95. The molecule has 0 bridgehead atoms. The minimum Gasteiger partial charge on any atom is -0.461 e. The molecule has 3 N–H and O–H groups in total. The Balaban J connectivity index is 2.57. The van der Waals surface area contributed by atoms with Crippen LogP contribution in [0.1, 0.15) is 20.8 Å². The molecular weight excluding hydrogens is 232 g/mol. The Kier molecular flexibility index (Phi) is 5.57. The third kappa shape index (κ3) is 5.13. The highest BCUT2D eigenvalue weighted by molar-refractivity contribution is 5.32. The Hall–Kier alpha value is -1.63. The number of nitrogens with two attached hydrogens (primary N) is 1. The standard InChI is InChI=1S/C11H22N6O/c1-5-17(4)7-6-13-10-14-9(12)15-11(16-10)18-8(2)3/h8H,5-7H2,1-4H3,(H3,12,13,14,15,16). The van der Waals surface area contributed by atoms with Gasteiger partial charge in [-0.05, 0) is 27.4 Å². The number of rotatable bonds is 7.